The van der Waals surface area contributed by atoms with Gasteiger partial charge in [0.05, 0.1) is 16.7 Å². The van der Waals surface area contributed by atoms with Crippen molar-refractivity contribution in [3.05, 3.63) is 33.3 Å². The summed E-state index contributed by atoms with van der Waals surface area (Å²) in [5.41, 5.74) is 0.175. The van der Waals surface area contributed by atoms with Gasteiger partial charge in [-0.15, -0.1) is 0 Å². The lowest BCUT2D eigenvalue weighted by atomic mass is 9.64. The third-order valence-electron chi connectivity index (χ3n) is 3.70. The summed E-state index contributed by atoms with van der Waals surface area (Å²) >= 11 is 9.33. The van der Waals surface area contributed by atoms with Crippen LogP contribution in [0.4, 0.5) is 0 Å². The van der Waals surface area contributed by atoms with E-state index in [0.717, 1.165) is 4.47 Å². The van der Waals surface area contributed by atoms with Crippen LogP contribution in [-0.4, -0.2) is 23.2 Å². The maximum absolute atomic E-state index is 12.1. The van der Waals surface area contributed by atoms with Crippen LogP contribution in [0.15, 0.2) is 22.7 Å². The zero-order valence-corrected chi connectivity index (χ0v) is 12.5. The van der Waals surface area contributed by atoms with Crippen molar-refractivity contribution >= 4 is 33.4 Å². The quantitative estimate of drug-likeness (QED) is 0.874. The molecule has 0 bridgehead atoms. The molecule has 0 spiro atoms. The van der Waals surface area contributed by atoms with Crippen LogP contribution in [-0.2, 0) is 0 Å². The third kappa shape index (κ3) is 2.42. The Balaban J connectivity index is 2.09. The summed E-state index contributed by atoms with van der Waals surface area (Å²) in [5, 5.41) is 13.0. The van der Waals surface area contributed by atoms with E-state index in [4.69, 9.17) is 11.6 Å². The molecular weight excluding hydrogens is 318 g/mol. The van der Waals surface area contributed by atoms with E-state index in [0.29, 0.717) is 17.0 Å². The summed E-state index contributed by atoms with van der Waals surface area (Å²) in [4.78, 5) is 12.1. The first-order valence-corrected chi connectivity index (χ1v) is 6.93. The summed E-state index contributed by atoms with van der Waals surface area (Å²) in [6, 6.07) is 5.14. The number of nitrogens with one attached hydrogen (secondary N) is 1. The van der Waals surface area contributed by atoms with Gasteiger partial charge in [-0.1, -0.05) is 41.4 Å². The average molecular weight is 333 g/mol. The van der Waals surface area contributed by atoms with Crippen molar-refractivity contribution in [1.82, 2.24) is 5.32 Å². The van der Waals surface area contributed by atoms with Gasteiger partial charge in [0.25, 0.3) is 5.91 Å². The highest BCUT2D eigenvalue weighted by molar-refractivity contribution is 9.10. The Morgan fingerprint density at radius 2 is 2.22 bits per heavy atom. The van der Waals surface area contributed by atoms with Crippen LogP contribution in [0.5, 0.6) is 0 Å². The molecule has 1 saturated carbocycles. The minimum atomic E-state index is -0.358. The molecule has 0 radical (unpaired) electrons. The summed E-state index contributed by atoms with van der Waals surface area (Å²) in [7, 11) is 0. The second kappa shape index (κ2) is 4.83. The minimum Gasteiger partial charge on any atom is -0.392 e. The summed E-state index contributed by atoms with van der Waals surface area (Å²) in [6.45, 7) is 3.88. The fourth-order valence-electron chi connectivity index (χ4n) is 2.06. The molecule has 0 aliphatic heterocycles. The number of aliphatic hydroxyl groups is 1. The summed E-state index contributed by atoms with van der Waals surface area (Å²) in [5.74, 6) is -0.197. The summed E-state index contributed by atoms with van der Waals surface area (Å²) < 4.78 is 0.837. The van der Waals surface area contributed by atoms with Crippen LogP contribution in [0.3, 0.4) is 0 Å². The van der Waals surface area contributed by atoms with Crippen molar-refractivity contribution in [3.8, 4) is 0 Å². The third-order valence-corrected chi connectivity index (χ3v) is 4.50. The van der Waals surface area contributed by atoms with Crippen LogP contribution in [0.1, 0.15) is 30.6 Å². The number of halogens is 2. The molecule has 1 aromatic carbocycles. The number of rotatable bonds is 2. The largest absolute Gasteiger partial charge is 0.392 e. The lowest BCUT2D eigenvalue weighted by molar-refractivity contribution is -0.0689. The maximum Gasteiger partial charge on any atom is 0.253 e. The van der Waals surface area contributed by atoms with Crippen molar-refractivity contribution in [1.29, 1.82) is 0 Å². The Labute approximate surface area is 120 Å². The zero-order chi connectivity index (χ0) is 13.5. The van der Waals surface area contributed by atoms with E-state index in [1.54, 1.807) is 18.2 Å². The van der Waals surface area contributed by atoms with Gasteiger partial charge in [-0.2, -0.15) is 0 Å². The molecule has 1 aromatic rings. The number of hydrogen-bond acceptors (Lipinski definition) is 2. The number of hydrogen-bond donors (Lipinski definition) is 2. The molecule has 2 atom stereocenters. The van der Waals surface area contributed by atoms with Crippen LogP contribution in [0, 0.1) is 5.41 Å². The van der Waals surface area contributed by atoms with E-state index in [9.17, 15) is 9.90 Å². The topological polar surface area (TPSA) is 49.3 Å². The van der Waals surface area contributed by atoms with Crippen molar-refractivity contribution in [3.63, 3.8) is 0 Å². The van der Waals surface area contributed by atoms with Crippen molar-refractivity contribution in [2.24, 2.45) is 5.41 Å². The SMILES string of the molecule is CC1(C)C(O)CC1NC(=O)c1ccc(Br)cc1Cl. The van der Waals surface area contributed by atoms with Crippen LogP contribution in [0.25, 0.3) is 0 Å². The van der Waals surface area contributed by atoms with Gasteiger partial charge >= 0.3 is 0 Å². The average Bonchev–Trinajstić information content (AvgIpc) is 2.28. The highest BCUT2D eigenvalue weighted by atomic mass is 79.9. The number of carbonyl (C=O) groups is 1. The van der Waals surface area contributed by atoms with Crippen molar-refractivity contribution < 1.29 is 9.90 Å². The van der Waals surface area contributed by atoms with Gasteiger partial charge in [0.2, 0.25) is 0 Å². The Hall–Kier alpha value is -0.580. The van der Waals surface area contributed by atoms with Gasteiger partial charge in [0, 0.05) is 15.9 Å². The Morgan fingerprint density at radius 3 is 2.72 bits per heavy atom. The molecule has 5 heteroatoms. The lowest BCUT2D eigenvalue weighted by Gasteiger charge is -2.49. The highest BCUT2D eigenvalue weighted by Gasteiger charge is 2.48. The second-order valence-electron chi connectivity index (χ2n) is 5.22. The molecule has 1 aliphatic rings. The number of aliphatic hydroxyl groups excluding tert-OH is 1. The van der Waals surface area contributed by atoms with E-state index < -0.39 is 0 Å². The number of amides is 1. The monoisotopic (exact) mass is 331 g/mol. The molecular formula is C13H15BrClNO2. The van der Waals surface area contributed by atoms with Gasteiger partial charge in [-0.3, -0.25) is 4.79 Å². The first-order valence-electron chi connectivity index (χ1n) is 5.76. The van der Waals surface area contributed by atoms with E-state index in [1.807, 2.05) is 13.8 Å². The molecule has 0 heterocycles. The molecule has 98 valence electrons. The molecule has 0 saturated heterocycles. The second-order valence-corrected chi connectivity index (χ2v) is 6.55. The van der Waals surface area contributed by atoms with Crippen LogP contribution < -0.4 is 5.32 Å². The van der Waals surface area contributed by atoms with Gasteiger partial charge in [-0.05, 0) is 24.6 Å². The Kier molecular flexibility index (Phi) is 3.72. The van der Waals surface area contributed by atoms with Gasteiger partial charge in [-0.25, -0.2) is 0 Å². The fourth-order valence-corrected chi connectivity index (χ4v) is 2.82. The van der Waals surface area contributed by atoms with Crippen molar-refractivity contribution in [2.45, 2.75) is 32.4 Å². The highest BCUT2D eigenvalue weighted by Crippen LogP contribution is 2.40. The van der Waals surface area contributed by atoms with E-state index >= 15 is 0 Å². The maximum atomic E-state index is 12.1. The van der Waals surface area contributed by atoms with E-state index in [2.05, 4.69) is 21.2 Å². The predicted octanol–water partition coefficient (Wildman–Crippen LogP) is 2.99. The number of carbonyl (C=O) groups excluding carboxylic acids is 1. The molecule has 0 aromatic heterocycles. The standard InChI is InChI=1S/C13H15BrClNO2/c1-13(2)10(6-11(13)17)16-12(18)8-4-3-7(14)5-9(8)15/h3-5,10-11,17H,6H2,1-2H3,(H,16,18). The Bertz CT molecular complexity index is 490. The molecule has 2 N–H and O–H groups in total. The first kappa shape index (κ1) is 13.8. The van der Waals surface area contributed by atoms with Gasteiger partial charge < -0.3 is 10.4 Å². The zero-order valence-electron chi connectivity index (χ0n) is 10.2. The van der Waals surface area contributed by atoms with Crippen LogP contribution >= 0.6 is 27.5 Å². The number of benzene rings is 1. The lowest BCUT2D eigenvalue weighted by Crippen LogP contribution is -2.61. The Morgan fingerprint density at radius 1 is 1.56 bits per heavy atom. The minimum absolute atomic E-state index is 0.0142. The van der Waals surface area contributed by atoms with E-state index in [1.165, 1.54) is 0 Å². The molecule has 1 fully saturated rings. The van der Waals surface area contributed by atoms with Crippen molar-refractivity contribution in [2.75, 3.05) is 0 Å². The van der Waals surface area contributed by atoms with E-state index in [-0.39, 0.29) is 23.5 Å². The molecule has 2 unspecified atom stereocenters. The normalized spacial score (nSPS) is 25.4. The predicted molar refractivity (Wildman–Crippen MR) is 74.8 cm³/mol. The smallest absolute Gasteiger partial charge is 0.253 e. The molecule has 2 rings (SSSR count). The first-order chi connectivity index (χ1) is 8.32. The fraction of sp³-hybridized carbons (Fsp3) is 0.462. The van der Waals surface area contributed by atoms with Gasteiger partial charge in [0.1, 0.15) is 0 Å². The molecule has 1 amide bonds. The van der Waals surface area contributed by atoms with Gasteiger partial charge in [0.15, 0.2) is 0 Å². The summed E-state index contributed by atoms with van der Waals surface area (Å²) in [6.07, 6.45) is 0.232. The molecule has 3 nitrogen and oxygen atoms in total. The molecule has 18 heavy (non-hydrogen) atoms. The van der Waals surface area contributed by atoms with Crippen LogP contribution in [0.2, 0.25) is 5.02 Å². The molecule has 1 aliphatic carbocycles.